The number of benzene rings is 2. The Hall–Kier alpha value is -5.19. The van der Waals surface area contributed by atoms with Crippen LogP contribution >= 0.6 is 23.2 Å². The average molecular weight is 782 g/mol. The Bertz CT molecular complexity index is 2490. The van der Waals surface area contributed by atoms with Gasteiger partial charge in [0.25, 0.3) is 0 Å². The molecule has 5 aliphatic rings. The standard InChI is InChI=1S/C36H32Cl2F3N9O4/c1-48-29-25(31(51)49(2)34(48)53)28(45-32(46-29)36(39,40)41)43-21-9-5-7-19(27(21)38)18-6-4-8-20(26(18)37)22-14-17-10-11-23(24(17)30(44-22)54-3)50-13-12-35(16-50)15-42-33(52)47-35/h4-9,14,23,51H,10-13,15-16H2,1-3H3,(H2,42,47,52)/p-1/t23-,35-/m0/s1. The predicted molar refractivity (Wildman–Crippen MR) is 191 cm³/mol. The maximum atomic E-state index is 13.9. The molecule has 2 atom stereocenters. The number of pyridine rings is 1. The van der Waals surface area contributed by atoms with Crippen LogP contribution in [0, 0.1) is 0 Å². The van der Waals surface area contributed by atoms with Crippen molar-refractivity contribution in [3.05, 3.63) is 85.4 Å². The summed E-state index contributed by atoms with van der Waals surface area (Å²) in [5.74, 6) is -2.54. The number of aromatic nitrogens is 5. The lowest BCUT2D eigenvalue weighted by atomic mass is 9.99. The highest BCUT2D eigenvalue weighted by molar-refractivity contribution is 6.39. The zero-order valence-electron chi connectivity index (χ0n) is 29.0. The van der Waals surface area contributed by atoms with Crippen LogP contribution in [-0.4, -0.2) is 67.3 Å². The first-order chi connectivity index (χ1) is 25.7. The highest BCUT2D eigenvalue weighted by Crippen LogP contribution is 2.47. The van der Waals surface area contributed by atoms with Crippen molar-refractivity contribution in [1.29, 1.82) is 0 Å². The van der Waals surface area contributed by atoms with Crippen LogP contribution < -0.4 is 31.7 Å². The summed E-state index contributed by atoms with van der Waals surface area (Å²) in [5.41, 5.74) is 2.02. The summed E-state index contributed by atoms with van der Waals surface area (Å²) in [4.78, 5) is 43.2. The van der Waals surface area contributed by atoms with E-state index in [2.05, 4.69) is 30.5 Å². The molecule has 18 heteroatoms. The Morgan fingerprint density at radius 3 is 2.44 bits per heavy atom. The monoisotopic (exact) mass is 780 g/mol. The molecule has 1 spiro atoms. The molecule has 2 aromatic carbocycles. The quantitative estimate of drug-likeness (QED) is 0.260. The number of carbonyl (C=O) groups is 1. The maximum absolute atomic E-state index is 13.9. The van der Waals surface area contributed by atoms with Crippen LogP contribution in [0.2, 0.25) is 10.0 Å². The van der Waals surface area contributed by atoms with Gasteiger partial charge in [-0.2, -0.15) is 13.2 Å². The average Bonchev–Trinajstić information content (AvgIpc) is 3.87. The lowest BCUT2D eigenvalue weighted by Crippen LogP contribution is -2.46. The second-order valence-electron chi connectivity index (χ2n) is 13.6. The third-order valence-corrected chi connectivity index (χ3v) is 11.2. The van der Waals surface area contributed by atoms with Gasteiger partial charge in [-0.15, -0.1) is 0 Å². The summed E-state index contributed by atoms with van der Waals surface area (Å²) in [6.45, 7) is 2.13. The Balaban J connectivity index is 1.19. The van der Waals surface area contributed by atoms with Crippen LogP contribution in [0.1, 0.15) is 35.8 Å². The SMILES string of the molecule is COc1nc(-c2cccc(-c3cccc(N=c4nc(C(F)(F)F)nc5n(C)c(=O)n(C)c([O-])c4-5)c3Cl)c2Cl)cc2c1[C@@H](N1CC[C@]3(CNC(=O)N3)C1)CC2. The molecule has 4 aliphatic heterocycles. The molecule has 13 nitrogen and oxygen atoms in total. The van der Waals surface area contributed by atoms with Gasteiger partial charge in [0.15, 0.2) is 11.3 Å². The molecule has 3 aromatic rings. The third-order valence-electron chi connectivity index (χ3n) is 10.4. The zero-order valence-corrected chi connectivity index (χ0v) is 30.5. The van der Waals surface area contributed by atoms with Crippen molar-refractivity contribution in [2.24, 2.45) is 19.1 Å². The van der Waals surface area contributed by atoms with E-state index in [9.17, 15) is 27.9 Å². The summed E-state index contributed by atoms with van der Waals surface area (Å²) in [6, 6.07) is 12.0. The topological polar surface area (TPSA) is 155 Å². The zero-order chi connectivity index (χ0) is 38.3. The molecule has 2 saturated heterocycles. The molecule has 280 valence electrons. The summed E-state index contributed by atoms with van der Waals surface area (Å²) < 4.78 is 49.1. The van der Waals surface area contributed by atoms with Gasteiger partial charge in [0.05, 0.1) is 39.6 Å². The number of methoxy groups -OCH3 is 1. The first-order valence-corrected chi connectivity index (χ1v) is 17.7. The van der Waals surface area contributed by atoms with E-state index < -0.39 is 34.9 Å². The van der Waals surface area contributed by atoms with E-state index in [1.165, 1.54) is 20.2 Å². The second-order valence-corrected chi connectivity index (χ2v) is 14.4. The van der Waals surface area contributed by atoms with Gasteiger partial charge in [0.2, 0.25) is 11.7 Å². The Morgan fingerprint density at radius 1 is 1.02 bits per heavy atom. The van der Waals surface area contributed by atoms with Crippen LogP contribution in [0.25, 0.3) is 33.8 Å². The number of halogens is 5. The fourth-order valence-corrected chi connectivity index (χ4v) is 8.35. The van der Waals surface area contributed by atoms with Crippen LogP contribution in [-0.2, 0) is 26.7 Å². The Kier molecular flexibility index (Phi) is 8.62. The third kappa shape index (κ3) is 5.83. The van der Waals surface area contributed by atoms with Crippen molar-refractivity contribution >= 4 is 34.9 Å². The number of hydrogen-bond acceptors (Lipinski definition) is 9. The number of nitrogens with one attached hydrogen (secondary N) is 2. The Labute approximate surface area is 315 Å². The smallest absolute Gasteiger partial charge is 0.451 e. The minimum absolute atomic E-state index is 0.000298. The number of ether oxygens (including phenoxy) is 1. The molecule has 2 amide bonds. The van der Waals surface area contributed by atoms with Gasteiger partial charge in [-0.05, 0) is 42.8 Å². The molecule has 5 heterocycles. The number of nitrogens with zero attached hydrogens (tertiary/aromatic N) is 7. The molecule has 0 bridgehead atoms. The van der Waals surface area contributed by atoms with Crippen LogP contribution in [0.15, 0.2) is 52.3 Å². The number of rotatable bonds is 5. The lowest BCUT2D eigenvalue weighted by molar-refractivity contribution is -0.278. The van der Waals surface area contributed by atoms with Crippen molar-refractivity contribution in [1.82, 2.24) is 39.6 Å². The molecule has 0 saturated carbocycles. The molecular formula is C36H31Cl2F3N9O4-. The summed E-state index contributed by atoms with van der Waals surface area (Å²) >= 11 is 14.0. The van der Waals surface area contributed by atoms with Crippen LogP contribution in [0.3, 0.4) is 0 Å². The van der Waals surface area contributed by atoms with Gasteiger partial charge in [0.1, 0.15) is 0 Å². The number of amides is 2. The summed E-state index contributed by atoms with van der Waals surface area (Å²) in [5, 5.41) is 19.5. The number of fused-ring (bicyclic) bond motifs is 2. The number of alkyl halides is 3. The minimum atomic E-state index is -5.01. The van der Waals surface area contributed by atoms with Gasteiger partial charge < -0.3 is 25.0 Å². The van der Waals surface area contributed by atoms with E-state index in [0.29, 0.717) is 46.4 Å². The summed E-state index contributed by atoms with van der Waals surface area (Å²) in [7, 11) is 3.97. The van der Waals surface area contributed by atoms with Crippen LogP contribution in [0.5, 0.6) is 11.8 Å². The van der Waals surface area contributed by atoms with Gasteiger partial charge >= 0.3 is 17.9 Å². The minimum Gasteiger partial charge on any atom is -0.859 e. The number of hydrogen-bond donors (Lipinski definition) is 2. The summed E-state index contributed by atoms with van der Waals surface area (Å²) in [6.07, 6.45) is -2.51. The number of carbonyl (C=O) groups excluding carboxylic acids is 1. The fraction of sp³-hybridized carbons (Fsp3) is 0.333. The van der Waals surface area contributed by atoms with Gasteiger partial charge in [-0.3, -0.25) is 9.47 Å². The molecule has 2 N–H and O–H groups in total. The normalized spacial score (nSPS) is 20.2. The van der Waals surface area contributed by atoms with E-state index >= 15 is 0 Å². The van der Waals surface area contributed by atoms with Crippen molar-refractivity contribution < 1.29 is 27.8 Å². The first-order valence-electron chi connectivity index (χ1n) is 16.9. The highest BCUT2D eigenvalue weighted by Gasteiger charge is 2.47. The maximum Gasteiger partial charge on any atom is 0.451 e. The van der Waals surface area contributed by atoms with Crippen molar-refractivity contribution in [3.63, 3.8) is 0 Å². The van der Waals surface area contributed by atoms with Gasteiger partial charge in [-0.25, -0.2) is 29.5 Å². The number of urea groups is 1. The van der Waals surface area contributed by atoms with Gasteiger partial charge in [-0.1, -0.05) is 53.5 Å². The largest absolute Gasteiger partial charge is 0.859 e. The van der Waals surface area contributed by atoms with Crippen LogP contribution in [0.4, 0.5) is 23.7 Å². The number of aryl methyl sites for hydroxylation is 1. The molecule has 1 aromatic heterocycles. The molecular weight excluding hydrogens is 750 g/mol. The van der Waals surface area contributed by atoms with E-state index in [1.807, 2.05) is 12.1 Å². The van der Waals surface area contributed by atoms with Crippen molar-refractivity contribution in [2.45, 2.75) is 37.0 Å². The highest BCUT2D eigenvalue weighted by atomic mass is 35.5. The molecule has 8 rings (SSSR count). The predicted octanol–water partition coefficient (Wildman–Crippen LogP) is 4.73. The Morgan fingerprint density at radius 2 is 1.74 bits per heavy atom. The van der Waals surface area contributed by atoms with E-state index in [4.69, 9.17) is 32.9 Å². The van der Waals surface area contributed by atoms with E-state index in [1.54, 1.807) is 31.4 Å². The lowest BCUT2D eigenvalue weighted by Gasteiger charge is -2.28. The molecule has 0 unspecified atom stereocenters. The number of likely N-dealkylation sites (tertiary alicyclic amines) is 1. The van der Waals surface area contributed by atoms with Crippen molar-refractivity contribution in [2.75, 3.05) is 26.7 Å². The first kappa shape index (κ1) is 35.8. The second kappa shape index (κ2) is 13.0. The van der Waals surface area contributed by atoms with Crippen molar-refractivity contribution in [3.8, 4) is 45.5 Å². The molecule has 1 aliphatic carbocycles. The molecule has 54 heavy (non-hydrogen) atoms. The van der Waals surface area contributed by atoms with E-state index in [0.717, 1.165) is 46.1 Å². The van der Waals surface area contributed by atoms with Gasteiger partial charge in [0, 0.05) is 62.0 Å². The fourth-order valence-electron chi connectivity index (χ4n) is 7.75. The van der Waals surface area contributed by atoms with E-state index in [-0.39, 0.29) is 33.9 Å². The molecule has 0 radical (unpaired) electrons. The molecule has 2 fully saturated rings.